The van der Waals surface area contributed by atoms with Crippen molar-refractivity contribution in [3.63, 3.8) is 0 Å². The zero-order valence-corrected chi connectivity index (χ0v) is 10.2. The summed E-state index contributed by atoms with van der Waals surface area (Å²) in [5, 5.41) is 1.19. The van der Waals surface area contributed by atoms with Crippen LogP contribution in [0.15, 0.2) is 0 Å². The van der Waals surface area contributed by atoms with Gasteiger partial charge in [0.2, 0.25) is 0 Å². The third-order valence-corrected chi connectivity index (χ3v) is 3.43. The molecule has 1 unspecified atom stereocenters. The molecule has 0 saturated carbocycles. The lowest BCUT2D eigenvalue weighted by molar-refractivity contribution is 0.482. The molecule has 0 aromatic carbocycles. The molecule has 0 nitrogen and oxygen atoms in total. The maximum Gasteiger partial charge on any atom is 0.00595 e. The Balaban J connectivity index is 3.06. The molecule has 0 heterocycles. The summed E-state index contributed by atoms with van der Waals surface area (Å²) in [5.74, 6) is 0.923. The Kier molecular flexibility index (Phi) is 9.95. The normalized spacial score (nSPS) is 13.2. The third-order valence-electron chi connectivity index (χ3n) is 2.51. The zero-order chi connectivity index (χ0) is 9.23. The lowest BCUT2D eigenvalue weighted by Crippen LogP contribution is -1.99. The first-order valence-corrected chi connectivity index (χ1v) is 6.53. The van der Waals surface area contributed by atoms with Crippen molar-refractivity contribution in [3.8, 4) is 0 Å². The molecular formula is C11H23Br. The summed E-state index contributed by atoms with van der Waals surface area (Å²) < 4.78 is 0. The summed E-state index contributed by atoms with van der Waals surface area (Å²) in [7, 11) is 0. The van der Waals surface area contributed by atoms with Gasteiger partial charge in [0.05, 0.1) is 0 Å². The van der Waals surface area contributed by atoms with Crippen LogP contribution >= 0.6 is 15.9 Å². The standard InChI is InChI=1S/C11H23Br/c1-3-5-6-7-8-9-11(4-2)10-12/h11H,3-10H2,1-2H3. The summed E-state index contributed by atoms with van der Waals surface area (Å²) in [6, 6.07) is 0. The van der Waals surface area contributed by atoms with Crippen LogP contribution in [0, 0.1) is 5.92 Å². The molecular weight excluding hydrogens is 212 g/mol. The van der Waals surface area contributed by atoms with Crippen LogP contribution in [0.1, 0.15) is 58.8 Å². The average molecular weight is 235 g/mol. The van der Waals surface area contributed by atoms with Gasteiger partial charge in [0.25, 0.3) is 0 Å². The van der Waals surface area contributed by atoms with Crippen LogP contribution in [0.2, 0.25) is 0 Å². The topological polar surface area (TPSA) is 0 Å². The molecule has 74 valence electrons. The van der Waals surface area contributed by atoms with Crippen molar-refractivity contribution in [2.45, 2.75) is 58.8 Å². The minimum absolute atomic E-state index is 0.923. The van der Waals surface area contributed by atoms with Crippen molar-refractivity contribution in [3.05, 3.63) is 0 Å². The molecule has 0 aliphatic carbocycles. The number of unbranched alkanes of at least 4 members (excludes halogenated alkanes) is 4. The Bertz CT molecular complexity index is 77.1. The smallest absolute Gasteiger partial charge is 0.00595 e. The highest BCUT2D eigenvalue weighted by atomic mass is 79.9. The van der Waals surface area contributed by atoms with Gasteiger partial charge in [-0.2, -0.15) is 0 Å². The van der Waals surface area contributed by atoms with E-state index in [-0.39, 0.29) is 0 Å². The van der Waals surface area contributed by atoms with E-state index in [1.54, 1.807) is 0 Å². The Morgan fingerprint density at radius 2 is 1.67 bits per heavy atom. The van der Waals surface area contributed by atoms with Crippen molar-refractivity contribution >= 4 is 15.9 Å². The van der Waals surface area contributed by atoms with Gasteiger partial charge in [-0.05, 0) is 12.3 Å². The molecule has 0 amide bonds. The number of halogens is 1. The minimum Gasteiger partial charge on any atom is -0.0925 e. The highest BCUT2D eigenvalue weighted by molar-refractivity contribution is 9.09. The van der Waals surface area contributed by atoms with E-state index in [0.717, 1.165) is 5.92 Å². The van der Waals surface area contributed by atoms with Crippen molar-refractivity contribution < 1.29 is 0 Å². The first kappa shape index (κ1) is 12.5. The van der Waals surface area contributed by atoms with Gasteiger partial charge in [-0.25, -0.2) is 0 Å². The molecule has 0 aromatic rings. The second kappa shape index (κ2) is 9.57. The predicted octanol–water partition coefficient (Wildman–Crippen LogP) is 4.77. The van der Waals surface area contributed by atoms with Crippen molar-refractivity contribution in [2.24, 2.45) is 5.92 Å². The Labute approximate surface area is 86.3 Å². The van der Waals surface area contributed by atoms with Gasteiger partial charge in [-0.15, -0.1) is 0 Å². The van der Waals surface area contributed by atoms with Gasteiger partial charge in [0.15, 0.2) is 0 Å². The van der Waals surface area contributed by atoms with Gasteiger partial charge in [-0.3, -0.25) is 0 Å². The van der Waals surface area contributed by atoms with Crippen molar-refractivity contribution in [2.75, 3.05) is 5.33 Å². The monoisotopic (exact) mass is 234 g/mol. The van der Waals surface area contributed by atoms with Gasteiger partial charge >= 0.3 is 0 Å². The lowest BCUT2D eigenvalue weighted by atomic mass is 10.0. The van der Waals surface area contributed by atoms with Crippen LogP contribution in [-0.2, 0) is 0 Å². The molecule has 0 aromatic heterocycles. The van der Waals surface area contributed by atoms with Gasteiger partial charge in [0, 0.05) is 5.33 Å². The molecule has 0 radical (unpaired) electrons. The van der Waals surface area contributed by atoms with Crippen LogP contribution < -0.4 is 0 Å². The van der Waals surface area contributed by atoms with Crippen molar-refractivity contribution in [1.82, 2.24) is 0 Å². The van der Waals surface area contributed by atoms with Crippen LogP contribution in [0.25, 0.3) is 0 Å². The van der Waals surface area contributed by atoms with Crippen LogP contribution in [0.3, 0.4) is 0 Å². The number of hydrogen-bond donors (Lipinski definition) is 0. The van der Waals surface area contributed by atoms with Gasteiger partial charge < -0.3 is 0 Å². The fourth-order valence-electron chi connectivity index (χ4n) is 1.43. The largest absolute Gasteiger partial charge is 0.0925 e. The van der Waals surface area contributed by atoms with Crippen molar-refractivity contribution in [1.29, 1.82) is 0 Å². The maximum atomic E-state index is 3.56. The fourth-order valence-corrected chi connectivity index (χ4v) is 2.21. The van der Waals surface area contributed by atoms with Gasteiger partial charge in [-0.1, -0.05) is 68.3 Å². The molecule has 0 aliphatic heterocycles. The summed E-state index contributed by atoms with van der Waals surface area (Å²) in [6.07, 6.45) is 9.85. The maximum absolute atomic E-state index is 3.56. The molecule has 0 saturated heterocycles. The van der Waals surface area contributed by atoms with E-state index in [0.29, 0.717) is 0 Å². The highest BCUT2D eigenvalue weighted by Crippen LogP contribution is 2.16. The SMILES string of the molecule is CCCCCCCC(CC)CBr. The summed E-state index contributed by atoms with van der Waals surface area (Å²) in [4.78, 5) is 0. The summed E-state index contributed by atoms with van der Waals surface area (Å²) in [6.45, 7) is 4.56. The predicted molar refractivity (Wildman–Crippen MR) is 61.0 cm³/mol. The summed E-state index contributed by atoms with van der Waals surface area (Å²) >= 11 is 3.56. The molecule has 0 N–H and O–H groups in total. The summed E-state index contributed by atoms with van der Waals surface area (Å²) in [5.41, 5.74) is 0. The zero-order valence-electron chi connectivity index (χ0n) is 8.61. The Hall–Kier alpha value is 0.480. The Morgan fingerprint density at radius 3 is 2.17 bits per heavy atom. The second-order valence-corrected chi connectivity index (χ2v) is 4.28. The third kappa shape index (κ3) is 7.15. The number of rotatable bonds is 8. The molecule has 1 heteroatoms. The van der Waals surface area contributed by atoms with E-state index in [2.05, 4.69) is 29.8 Å². The van der Waals surface area contributed by atoms with E-state index in [1.807, 2.05) is 0 Å². The first-order chi connectivity index (χ1) is 5.85. The van der Waals surface area contributed by atoms with E-state index in [1.165, 1.54) is 50.3 Å². The molecule has 0 aliphatic rings. The number of alkyl halides is 1. The second-order valence-electron chi connectivity index (χ2n) is 3.63. The van der Waals surface area contributed by atoms with E-state index in [4.69, 9.17) is 0 Å². The molecule has 12 heavy (non-hydrogen) atoms. The molecule has 0 rings (SSSR count). The molecule has 0 spiro atoms. The van der Waals surface area contributed by atoms with E-state index >= 15 is 0 Å². The molecule has 1 atom stereocenters. The van der Waals surface area contributed by atoms with E-state index in [9.17, 15) is 0 Å². The average Bonchev–Trinajstić information content (AvgIpc) is 2.11. The Morgan fingerprint density at radius 1 is 1.00 bits per heavy atom. The van der Waals surface area contributed by atoms with Crippen LogP contribution in [0.4, 0.5) is 0 Å². The lowest BCUT2D eigenvalue weighted by Gasteiger charge is -2.09. The number of hydrogen-bond acceptors (Lipinski definition) is 0. The van der Waals surface area contributed by atoms with Crippen LogP contribution in [-0.4, -0.2) is 5.33 Å². The van der Waals surface area contributed by atoms with Crippen LogP contribution in [0.5, 0.6) is 0 Å². The molecule has 0 fully saturated rings. The van der Waals surface area contributed by atoms with E-state index < -0.39 is 0 Å². The van der Waals surface area contributed by atoms with Gasteiger partial charge in [0.1, 0.15) is 0 Å². The highest BCUT2D eigenvalue weighted by Gasteiger charge is 2.02. The minimum atomic E-state index is 0.923. The molecule has 0 bridgehead atoms. The quantitative estimate of drug-likeness (QED) is 0.420. The fraction of sp³-hybridized carbons (Fsp3) is 1.00. The first-order valence-electron chi connectivity index (χ1n) is 5.41.